The average Bonchev–Trinajstić information content (AvgIpc) is 2.46. The van der Waals surface area contributed by atoms with Gasteiger partial charge in [0.2, 0.25) is 0 Å². The minimum absolute atomic E-state index is 0.0799. The van der Waals surface area contributed by atoms with Gasteiger partial charge in [-0.3, -0.25) is 0 Å². The molecule has 0 saturated heterocycles. The van der Waals surface area contributed by atoms with Crippen LogP contribution in [0.15, 0.2) is 42.7 Å². The molecule has 21 heavy (non-hydrogen) atoms. The molecule has 0 unspecified atom stereocenters. The van der Waals surface area contributed by atoms with Crippen LogP contribution >= 0.6 is 0 Å². The molecule has 0 saturated carbocycles. The maximum atomic E-state index is 12.0. The highest BCUT2D eigenvalue weighted by atomic mass is 16.4. The molecule has 0 bridgehead atoms. The Morgan fingerprint density at radius 2 is 1.81 bits per heavy atom. The van der Waals surface area contributed by atoms with Gasteiger partial charge >= 0.3 is 11.3 Å². The summed E-state index contributed by atoms with van der Waals surface area (Å²) < 4.78 is 10.4. The van der Waals surface area contributed by atoms with Crippen molar-refractivity contribution in [2.75, 3.05) is 19.0 Å². The molecular formula is C15H10N2O4. The summed E-state index contributed by atoms with van der Waals surface area (Å²) in [7, 11) is 3.72. The maximum Gasteiger partial charge on any atom is 0.354 e. The van der Waals surface area contributed by atoms with Crippen LogP contribution in [0.4, 0.5) is 5.69 Å². The van der Waals surface area contributed by atoms with Crippen LogP contribution in [-0.4, -0.2) is 14.1 Å². The van der Waals surface area contributed by atoms with E-state index in [1.807, 2.05) is 25.1 Å². The highest BCUT2D eigenvalue weighted by molar-refractivity contribution is 6.01. The van der Waals surface area contributed by atoms with Gasteiger partial charge in [0.25, 0.3) is 0 Å². The summed E-state index contributed by atoms with van der Waals surface area (Å²) in [6, 6.07) is 8.12. The Bertz CT molecular complexity index is 1020. The van der Waals surface area contributed by atoms with E-state index >= 15 is 0 Å². The molecule has 0 spiro atoms. The van der Waals surface area contributed by atoms with Crippen LogP contribution in [0.3, 0.4) is 0 Å². The second-order valence-corrected chi connectivity index (χ2v) is 4.77. The van der Waals surface area contributed by atoms with Gasteiger partial charge in [-0.05, 0) is 18.2 Å². The molecule has 0 amide bonds. The molecular weight excluding hydrogens is 272 g/mol. The summed E-state index contributed by atoms with van der Waals surface area (Å²) in [5, 5.41) is 9.42. The first-order valence-corrected chi connectivity index (χ1v) is 6.13. The first kappa shape index (κ1) is 12.9. The smallest absolute Gasteiger partial charge is 0.354 e. The van der Waals surface area contributed by atoms with Crippen molar-refractivity contribution >= 4 is 27.6 Å². The Hall–Kier alpha value is -3.07. The van der Waals surface area contributed by atoms with Crippen LogP contribution in [0.1, 0.15) is 5.56 Å². The van der Waals surface area contributed by atoms with Crippen LogP contribution in [0.25, 0.3) is 21.9 Å². The van der Waals surface area contributed by atoms with Gasteiger partial charge in [0, 0.05) is 25.8 Å². The standard InChI is InChI=1S/C15H10N2O4/c1-17(2)9-3-4-10-12(6-9)20-15(19)11-5-8(7-16)14(18)21-13(10)11/h3-6H,1-2H3. The molecule has 1 aromatic carbocycles. The number of anilines is 1. The molecule has 0 atom stereocenters. The van der Waals surface area contributed by atoms with Crippen molar-refractivity contribution in [3.8, 4) is 6.07 Å². The first-order chi connectivity index (χ1) is 10.0. The fourth-order valence-corrected chi connectivity index (χ4v) is 2.12. The fourth-order valence-electron chi connectivity index (χ4n) is 2.12. The minimum Gasteiger partial charge on any atom is -0.422 e. The zero-order valence-corrected chi connectivity index (χ0v) is 11.3. The number of rotatable bonds is 1. The normalized spacial score (nSPS) is 10.7. The predicted molar refractivity (Wildman–Crippen MR) is 77.6 cm³/mol. The van der Waals surface area contributed by atoms with E-state index in [4.69, 9.17) is 14.1 Å². The third kappa shape index (κ3) is 1.96. The Balaban J connectivity index is 2.49. The van der Waals surface area contributed by atoms with Crippen molar-refractivity contribution in [3.05, 3.63) is 50.7 Å². The lowest BCUT2D eigenvalue weighted by Gasteiger charge is -2.12. The van der Waals surface area contributed by atoms with Crippen LogP contribution in [-0.2, 0) is 0 Å². The SMILES string of the molecule is CN(C)c1ccc2c(c1)oc(=O)c1cc(C#N)c(=O)oc12. The number of fused-ring (bicyclic) bond motifs is 3. The highest BCUT2D eigenvalue weighted by Crippen LogP contribution is 2.25. The topological polar surface area (TPSA) is 87.5 Å². The van der Waals surface area contributed by atoms with Crippen molar-refractivity contribution in [1.29, 1.82) is 5.26 Å². The molecule has 3 aromatic rings. The zero-order valence-electron chi connectivity index (χ0n) is 11.3. The molecule has 104 valence electrons. The predicted octanol–water partition coefficient (Wildman–Crippen LogP) is 1.84. The summed E-state index contributed by atoms with van der Waals surface area (Å²) >= 11 is 0. The van der Waals surface area contributed by atoms with Gasteiger partial charge in [-0.15, -0.1) is 0 Å². The number of benzene rings is 1. The van der Waals surface area contributed by atoms with Gasteiger partial charge < -0.3 is 13.7 Å². The number of hydrogen-bond donors (Lipinski definition) is 0. The average molecular weight is 282 g/mol. The lowest BCUT2D eigenvalue weighted by molar-refractivity contribution is 0.541. The Morgan fingerprint density at radius 1 is 1.05 bits per heavy atom. The summed E-state index contributed by atoms with van der Waals surface area (Å²) in [4.78, 5) is 25.5. The fraction of sp³-hybridized carbons (Fsp3) is 0.133. The number of nitrogens with zero attached hydrogens (tertiary/aromatic N) is 2. The summed E-state index contributed by atoms with van der Waals surface area (Å²) in [5.41, 5.74) is -0.329. The second kappa shape index (κ2) is 4.49. The van der Waals surface area contributed by atoms with Gasteiger partial charge in [-0.2, -0.15) is 5.26 Å². The van der Waals surface area contributed by atoms with Gasteiger partial charge in [0.15, 0.2) is 5.58 Å². The molecule has 2 heterocycles. The van der Waals surface area contributed by atoms with Crippen molar-refractivity contribution in [3.63, 3.8) is 0 Å². The van der Waals surface area contributed by atoms with E-state index in [1.165, 1.54) is 6.07 Å². The molecule has 6 heteroatoms. The van der Waals surface area contributed by atoms with Gasteiger partial charge in [-0.25, -0.2) is 9.59 Å². The van der Waals surface area contributed by atoms with E-state index < -0.39 is 11.3 Å². The van der Waals surface area contributed by atoms with Crippen molar-refractivity contribution in [2.45, 2.75) is 0 Å². The molecule has 0 aliphatic rings. The van der Waals surface area contributed by atoms with E-state index in [1.54, 1.807) is 18.2 Å². The molecule has 2 aromatic heterocycles. The van der Waals surface area contributed by atoms with E-state index in [0.29, 0.717) is 11.0 Å². The van der Waals surface area contributed by atoms with Crippen molar-refractivity contribution in [2.24, 2.45) is 0 Å². The molecule has 0 radical (unpaired) electrons. The zero-order chi connectivity index (χ0) is 15.1. The molecule has 6 nitrogen and oxygen atoms in total. The minimum atomic E-state index is -0.770. The van der Waals surface area contributed by atoms with Crippen LogP contribution in [0, 0.1) is 11.3 Å². The van der Waals surface area contributed by atoms with Crippen molar-refractivity contribution in [1.82, 2.24) is 0 Å². The van der Waals surface area contributed by atoms with Gasteiger partial charge in [-0.1, -0.05) is 0 Å². The Labute approximate surface area is 118 Å². The lowest BCUT2D eigenvalue weighted by atomic mass is 10.1. The quantitative estimate of drug-likeness (QED) is 0.500. The van der Waals surface area contributed by atoms with Crippen LogP contribution < -0.4 is 16.2 Å². The summed E-state index contributed by atoms with van der Waals surface area (Å²) in [6.07, 6.45) is 0. The highest BCUT2D eigenvalue weighted by Gasteiger charge is 2.14. The molecule has 3 rings (SSSR count). The van der Waals surface area contributed by atoms with Crippen molar-refractivity contribution < 1.29 is 8.83 Å². The second-order valence-electron chi connectivity index (χ2n) is 4.77. The lowest BCUT2D eigenvalue weighted by Crippen LogP contribution is -2.10. The third-order valence-electron chi connectivity index (χ3n) is 3.22. The third-order valence-corrected chi connectivity index (χ3v) is 3.22. The molecule has 0 aliphatic heterocycles. The van der Waals surface area contributed by atoms with Crippen LogP contribution in [0.5, 0.6) is 0 Å². The largest absolute Gasteiger partial charge is 0.422 e. The maximum absolute atomic E-state index is 12.0. The number of hydrogen-bond acceptors (Lipinski definition) is 6. The summed E-state index contributed by atoms with van der Waals surface area (Å²) in [6.45, 7) is 0. The van der Waals surface area contributed by atoms with Crippen LogP contribution in [0.2, 0.25) is 0 Å². The molecule has 0 aliphatic carbocycles. The van der Waals surface area contributed by atoms with Gasteiger partial charge in [0.1, 0.15) is 22.6 Å². The monoisotopic (exact) mass is 282 g/mol. The van der Waals surface area contributed by atoms with E-state index in [9.17, 15) is 9.59 Å². The summed E-state index contributed by atoms with van der Waals surface area (Å²) in [5.74, 6) is 0. The molecule has 0 N–H and O–H groups in total. The van der Waals surface area contributed by atoms with Gasteiger partial charge in [0.05, 0.1) is 5.39 Å². The van der Waals surface area contributed by atoms with E-state index in [2.05, 4.69) is 0 Å². The Kier molecular flexibility index (Phi) is 2.77. The number of nitriles is 1. The Morgan fingerprint density at radius 3 is 2.48 bits per heavy atom. The van der Waals surface area contributed by atoms with E-state index in [0.717, 1.165) is 5.69 Å². The molecule has 0 fully saturated rings. The first-order valence-electron chi connectivity index (χ1n) is 6.13. The van der Waals surface area contributed by atoms with E-state index in [-0.39, 0.29) is 16.5 Å².